The van der Waals surface area contributed by atoms with E-state index >= 15 is 0 Å². The van der Waals surface area contributed by atoms with Crippen LogP contribution in [0.2, 0.25) is 0 Å². The molecule has 0 aromatic rings. The van der Waals surface area contributed by atoms with Crippen LogP contribution >= 0.6 is 0 Å². The van der Waals surface area contributed by atoms with Gasteiger partial charge in [-0.3, -0.25) is 4.79 Å². The lowest BCUT2D eigenvalue weighted by Gasteiger charge is -2.40. The van der Waals surface area contributed by atoms with Crippen LogP contribution in [0.1, 0.15) is 194 Å². The lowest BCUT2D eigenvalue weighted by molar-refractivity contribution is -0.302. The Hall–Kier alpha value is -2.63. The van der Waals surface area contributed by atoms with Crippen molar-refractivity contribution >= 4 is 5.91 Å². The molecular weight excluding hydrogens is 791 g/mol. The van der Waals surface area contributed by atoms with Gasteiger partial charge in [0.05, 0.1) is 25.4 Å². The molecule has 0 aromatic heterocycles. The van der Waals surface area contributed by atoms with Crippen LogP contribution in [0.3, 0.4) is 0 Å². The van der Waals surface area contributed by atoms with Crippen molar-refractivity contribution in [1.29, 1.82) is 0 Å². The fraction of sp³-hybridized carbons (Fsp3) is 0.722. The van der Waals surface area contributed by atoms with E-state index in [2.05, 4.69) is 104 Å². The lowest BCUT2D eigenvalue weighted by Crippen LogP contribution is -2.60. The first-order chi connectivity index (χ1) is 30.8. The molecule has 63 heavy (non-hydrogen) atoms. The summed E-state index contributed by atoms with van der Waals surface area (Å²) in [6.07, 6.45) is 53.1. The highest BCUT2D eigenvalue weighted by molar-refractivity contribution is 5.76. The fourth-order valence-corrected chi connectivity index (χ4v) is 7.50. The predicted molar refractivity (Wildman–Crippen MR) is 262 cm³/mol. The molecule has 1 aliphatic heterocycles. The molecule has 1 saturated heterocycles. The van der Waals surface area contributed by atoms with Crippen molar-refractivity contribution in [3.8, 4) is 0 Å². The lowest BCUT2D eigenvalue weighted by atomic mass is 9.99. The number of carbonyl (C=O) groups is 1. The highest BCUT2D eigenvalue weighted by Crippen LogP contribution is 2.23. The highest BCUT2D eigenvalue weighted by atomic mass is 16.7. The molecule has 0 aliphatic carbocycles. The Balaban J connectivity index is 2.35. The quantitative estimate of drug-likeness (QED) is 0.0263. The maximum Gasteiger partial charge on any atom is 0.220 e. The summed E-state index contributed by atoms with van der Waals surface area (Å²) in [6, 6.07) is -0.755. The molecule has 1 heterocycles. The minimum Gasteiger partial charge on any atom is -0.394 e. The van der Waals surface area contributed by atoms with Crippen molar-refractivity contribution in [2.24, 2.45) is 0 Å². The van der Waals surface area contributed by atoms with Crippen molar-refractivity contribution in [2.45, 2.75) is 236 Å². The average Bonchev–Trinajstić information content (AvgIpc) is 3.28. The van der Waals surface area contributed by atoms with E-state index in [9.17, 15) is 30.3 Å². The van der Waals surface area contributed by atoms with Gasteiger partial charge < -0.3 is 40.3 Å². The van der Waals surface area contributed by atoms with Gasteiger partial charge in [-0.2, -0.15) is 0 Å². The number of nitrogens with one attached hydrogen (secondary N) is 1. The van der Waals surface area contributed by atoms with Gasteiger partial charge in [0.25, 0.3) is 0 Å². The van der Waals surface area contributed by atoms with E-state index in [1.807, 2.05) is 0 Å². The molecule has 1 aliphatic rings. The van der Waals surface area contributed by atoms with Crippen molar-refractivity contribution in [1.82, 2.24) is 5.32 Å². The van der Waals surface area contributed by atoms with E-state index in [0.29, 0.717) is 12.8 Å². The first-order valence-corrected chi connectivity index (χ1v) is 25.3. The van der Waals surface area contributed by atoms with E-state index in [0.717, 1.165) is 70.6 Å². The van der Waals surface area contributed by atoms with E-state index in [1.165, 1.54) is 89.9 Å². The van der Waals surface area contributed by atoms with Crippen molar-refractivity contribution in [2.75, 3.05) is 13.2 Å². The van der Waals surface area contributed by atoms with Gasteiger partial charge in [0.1, 0.15) is 24.4 Å². The van der Waals surface area contributed by atoms with Gasteiger partial charge in [-0.25, -0.2) is 0 Å². The number of allylic oxidation sites excluding steroid dienone is 14. The summed E-state index contributed by atoms with van der Waals surface area (Å²) in [7, 11) is 0. The summed E-state index contributed by atoms with van der Waals surface area (Å²) in [5, 5.41) is 54.4. The smallest absolute Gasteiger partial charge is 0.220 e. The summed E-state index contributed by atoms with van der Waals surface area (Å²) < 4.78 is 11.3. The Morgan fingerprint density at radius 2 is 0.968 bits per heavy atom. The largest absolute Gasteiger partial charge is 0.394 e. The third kappa shape index (κ3) is 33.5. The van der Waals surface area contributed by atoms with Gasteiger partial charge in [0.2, 0.25) is 5.91 Å². The van der Waals surface area contributed by atoms with Crippen LogP contribution in [0.4, 0.5) is 0 Å². The summed E-state index contributed by atoms with van der Waals surface area (Å²) >= 11 is 0. The van der Waals surface area contributed by atoms with Gasteiger partial charge in [0.15, 0.2) is 6.29 Å². The van der Waals surface area contributed by atoms with Gasteiger partial charge >= 0.3 is 0 Å². The number of hydrogen-bond acceptors (Lipinski definition) is 8. The van der Waals surface area contributed by atoms with Crippen LogP contribution in [0.5, 0.6) is 0 Å². The molecule has 7 atom stereocenters. The minimum atomic E-state index is -1.57. The Kier molecular flexibility index (Phi) is 40.1. The Morgan fingerprint density at radius 1 is 0.556 bits per heavy atom. The predicted octanol–water partition coefficient (Wildman–Crippen LogP) is 11.5. The van der Waals surface area contributed by atoms with Crippen molar-refractivity contribution < 1.29 is 39.8 Å². The molecule has 1 fully saturated rings. The third-order valence-corrected chi connectivity index (χ3v) is 11.5. The molecule has 7 unspecified atom stereocenters. The maximum atomic E-state index is 13.0. The Morgan fingerprint density at radius 3 is 1.40 bits per heavy atom. The summed E-state index contributed by atoms with van der Waals surface area (Å²) in [4.78, 5) is 13.0. The maximum absolute atomic E-state index is 13.0. The van der Waals surface area contributed by atoms with Crippen LogP contribution in [0.15, 0.2) is 85.1 Å². The molecule has 0 spiro atoms. The summed E-state index contributed by atoms with van der Waals surface area (Å²) in [5.41, 5.74) is 0. The Labute approximate surface area is 384 Å². The van der Waals surface area contributed by atoms with Crippen molar-refractivity contribution in [3.05, 3.63) is 85.1 Å². The third-order valence-electron chi connectivity index (χ3n) is 11.5. The van der Waals surface area contributed by atoms with E-state index in [4.69, 9.17) is 9.47 Å². The van der Waals surface area contributed by atoms with Crippen LogP contribution in [-0.4, -0.2) is 87.5 Å². The molecule has 0 aromatic carbocycles. The first kappa shape index (κ1) is 58.4. The van der Waals surface area contributed by atoms with Crippen molar-refractivity contribution in [3.63, 3.8) is 0 Å². The summed E-state index contributed by atoms with van der Waals surface area (Å²) in [6.45, 7) is 3.68. The number of amides is 1. The number of rotatable bonds is 41. The van der Waals surface area contributed by atoms with Crippen LogP contribution in [0.25, 0.3) is 0 Å². The van der Waals surface area contributed by atoms with Crippen LogP contribution in [-0.2, 0) is 14.3 Å². The van der Waals surface area contributed by atoms with Crippen LogP contribution < -0.4 is 5.32 Å². The fourth-order valence-electron chi connectivity index (χ4n) is 7.50. The zero-order valence-corrected chi connectivity index (χ0v) is 39.8. The minimum absolute atomic E-state index is 0.166. The highest BCUT2D eigenvalue weighted by Gasteiger charge is 2.44. The molecule has 1 amide bonds. The van der Waals surface area contributed by atoms with E-state index in [-0.39, 0.29) is 18.9 Å². The average molecular weight is 884 g/mol. The van der Waals surface area contributed by atoms with Gasteiger partial charge in [-0.15, -0.1) is 0 Å². The van der Waals surface area contributed by atoms with Gasteiger partial charge in [-0.1, -0.05) is 208 Å². The molecular formula is C54H93NO8. The van der Waals surface area contributed by atoms with E-state index in [1.54, 1.807) is 0 Å². The molecule has 362 valence electrons. The second-order valence-electron chi connectivity index (χ2n) is 17.2. The normalized spacial score (nSPS) is 20.9. The standard InChI is InChI=1S/C54H93NO8/c1-3-5-7-9-11-13-15-17-19-21-22-23-24-25-26-28-30-32-34-36-38-40-42-44-50(58)55-47(46-62-54-53(61)52(60)51(59)49(45-56)63-54)48(57)43-41-39-37-35-33-31-29-27-20-18-16-14-12-10-8-6-4-2/h5,7,11,13,17,19,22-23,25-26,30,32,36,38,47-49,51-54,56-57,59-61H,3-4,6,8-10,12,14-16,18,20-21,24,27-29,31,33-35,37,39-46H2,1-2H3,(H,55,58)/b7-5-,13-11-,19-17-,23-22-,26-25-,32-30-,38-36-. The number of unbranched alkanes of at least 4 members (excludes halogenated alkanes) is 17. The van der Waals surface area contributed by atoms with E-state index < -0.39 is 49.5 Å². The molecule has 9 nitrogen and oxygen atoms in total. The Bertz CT molecular complexity index is 1260. The number of ether oxygens (including phenoxy) is 2. The van der Waals surface area contributed by atoms with Gasteiger partial charge in [-0.05, 0) is 64.2 Å². The second kappa shape index (κ2) is 43.3. The first-order valence-electron chi connectivity index (χ1n) is 25.3. The van der Waals surface area contributed by atoms with Crippen LogP contribution in [0, 0.1) is 0 Å². The zero-order chi connectivity index (χ0) is 45.9. The number of hydrogen-bond donors (Lipinski definition) is 6. The molecule has 6 N–H and O–H groups in total. The second-order valence-corrected chi connectivity index (χ2v) is 17.2. The number of carbonyl (C=O) groups excluding carboxylic acids is 1. The topological polar surface area (TPSA) is 149 Å². The van der Waals surface area contributed by atoms with Gasteiger partial charge in [0, 0.05) is 6.42 Å². The SMILES string of the molecule is CC/C=C\C/C=C\C/C=C\C/C=C\C/C=C\C/C=C\C/C=C\CCCC(=O)NC(COC1OC(CO)C(O)C(O)C1O)C(O)CCCCCCCCCCCCCCCCCCC. The molecule has 9 heteroatoms. The zero-order valence-electron chi connectivity index (χ0n) is 39.8. The molecule has 0 saturated carbocycles. The number of aliphatic hydroxyl groups is 5. The summed E-state index contributed by atoms with van der Waals surface area (Å²) in [5.74, 6) is -0.204. The number of aliphatic hydroxyl groups excluding tert-OH is 5. The monoisotopic (exact) mass is 884 g/mol. The molecule has 1 rings (SSSR count). The molecule has 0 radical (unpaired) electrons. The molecule has 0 bridgehead atoms.